The molecule has 0 nitrogen and oxygen atoms in total. The Morgan fingerprint density at radius 3 is 0.775 bits per heavy atom. The van der Waals surface area contributed by atoms with E-state index in [1.165, 1.54) is 252 Å². The van der Waals surface area contributed by atoms with Gasteiger partial charge in [0.2, 0.25) is 0 Å². The van der Waals surface area contributed by atoms with E-state index in [2.05, 4.69) is 515 Å². The standard InChI is InChI=1S/C31H22S2.C25H18S2.C25H18S.C19H14S2.C19H14S.C13H10S2/c1-21-17-18-25(22-11-5-2-6-12-22)29-28(21)32-30-26(23-13-7-3-8-14-23)19-20-27(31(30)33-29)24-15-9-4-10-16-24;1-17-15-16-21(19-11-6-3-7-12-19)25-23(17)26-22-14-8-13-20(24(22)27-25)18-9-4-2-5-10-18;1-17-7-9-19(10-8-17)21-12-14-25-23(16-21)22-15-20(11-13-24(22)26-25)18-5-3-2-4-6-18;1-13-7-5-11-16-18(13)21-19-15(10-6-12-17(19)20-16)14-8-3-2-4-9-14;1-13-6-8-14(9-7-13)15-10-11-19-17(12-15)16-4-2-3-5-18(16)20-19;1-9-5-4-8-12-13(9)15-11-7-3-2-6-10(11)14-12/h2-20H,1H3;2-16H,1H3;2-16H,1H3;2-12H,1H3;2-12H,1H3;2-8H,1H3. The van der Waals surface area contributed by atoms with E-state index in [0.717, 1.165) is 0 Å². The number of rotatable bonds is 9. The van der Waals surface area contributed by atoms with Crippen LogP contribution in [0.25, 0.3) is 140 Å². The Labute approximate surface area is 875 Å². The van der Waals surface area contributed by atoms with Gasteiger partial charge in [0.25, 0.3) is 0 Å². The molecule has 27 rings (SSSR count). The van der Waals surface area contributed by atoms with Gasteiger partial charge in [0.1, 0.15) is 0 Å². The lowest BCUT2D eigenvalue weighted by atomic mass is 10.00. The maximum Gasteiger partial charge on any atom is 0.0355 e. The zero-order chi connectivity index (χ0) is 95.9. The number of hydrogen-bond donors (Lipinski definition) is 0. The number of benzene rings is 21. The minimum absolute atomic E-state index is 1.26. The van der Waals surface area contributed by atoms with Gasteiger partial charge < -0.3 is 0 Å². The van der Waals surface area contributed by atoms with E-state index in [-0.39, 0.29) is 0 Å². The minimum atomic E-state index is 1.26. The third-order valence-electron chi connectivity index (χ3n) is 25.8. The van der Waals surface area contributed by atoms with Gasteiger partial charge in [-0.05, 0) is 243 Å². The van der Waals surface area contributed by atoms with E-state index in [9.17, 15) is 0 Å². The van der Waals surface area contributed by atoms with Gasteiger partial charge in [-0.15, -0.1) is 22.7 Å². The van der Waals surface area contributed by atoms with Gasteiger partial charge in [-0.3, -0.25) is 0 Å². The highest BCUT2D eigenvalue weighted by Crippen LogP contribution is 2.60. The van der Waals surface area contributed by atoms with Crippen molar-refractivity contribution in [1.29, 1.82) is 0 Å². The lowest BCUT2D eigenvalue weighted by molar-refractivity contribution is 1.12. The van der Waals surface area contributed by atoms with E-state index in [4.69, 9.17) is 0 Å². The molecule has 0 amide bonds. The SMILES string of the molecule is Cc1ccc(-c2ccc3sc4ccc(-c5ccccc5)cc4c3c2)cc1.Cc1ccc(-c2ccc3sc4ccccc4c3c2)cc1.Cc1ccc(-c2ccccc2)c2c1Sc1c(-c3ccccc3)ccc(-c3ccccc3)c1S2.Cc1ccc(-c2ccccc2)c2c1Sc1cccc(-c3ccccc3)c1S2.Cc1cccc2c1Sc1c(cccc1-c1ccccc1)S2.Cc1cccc2c1Sc1ccccc1S2. The molecule has 0 spiro atoms. The minimum Gasteiger partial charge on any atom is -0.135 e. The molecule has 0 bridgehead atoms. The topological polar surface area (TPSA) is 0 Å². The fourth-order valence-electron chi connectivity index (χ4n) is 18.3. The second kappa shape index (κ2) is 43.0. The molecule has 21 aromatic carbocycles. The summed E-state index contributed by atoms with van der Waals surface area (Å²) in [6.07, 6.45) is 0. The van der Waals surface area contributed by atoms with E-state index in [0.29, 0.717) is 0 Å². The first kappa shape index (κ1) is 93.8. The lowest BCUT2D eigenvalue weighted by Crippen LogP contribution is -1.99. The molecule has 0 radical (unpaired) electrons. The average Bonchev–Trinajstić information content (AvgIpc) is 1.12. The van der Waals surface area contributed by atoms with Crippen molar-refractivity contribution in [3.05, 3.63) is 507 Å². The quantitative estimate of drug-likeness (QED) is 0.138. The molecule has 0 aliphatic carbocycles. The Kier molecular flexibility index (Phi) is 28.4. The second-order valence-corrected chi connectivity index (χ2v) is 46.0. The van der Waals surface area contributed by atoms with Crippen molar-refractivity contribution >= 4 is 157 Å². The van der Waals surface area contributed by atoms with E-state index >= 15 is 0 Å². The average molecular weight is 2000 g/mol. The van der Waals surface area contributed by atoms with Crippen molar-refractivity contribution in [2.24, 2.45) is 0 Å². The highest BCUT2D eigenvalue weighted by molar-refractivity contribution is 8.06. The monoisotopic (exact) mass is 2000 g/mol. The fraction of sp³-hybridized carbons (Fsp3) is 0.0455. The summed E-state index contributed by atoms with van der Waals surface area (Å²) < 4.78 is 5.42. The summed E-state index contributed by atoms with van der Waals surface area (Å²) in [4.78, 5) is 22.0. The largest absolute Gasteiger partial charge is 0.135 e. The predicted octanol–water partition coefficient (Wildman–Crippen LogP) is 42.2. The van der Waals surface area contributed by atoms with Crippen molar-refractivity contribution in [2.45, 2.75) is 120 Å². The maximum atomic E-state index is 2.34. The summed E-state index contributed by atoms with van der Waals surface area (Å²) >= 11 is 19.0. The lowest BCUT2D eigenvalue weighted by Gasteiger charge is -2.27. The first-order valence-corrected chi connectivity index (χ1v) is 55.8. The van der Waals surface area contributed by atoms with Crippen LogP contribution in [0.5, 0.6) is 0 Å². The van der Waals surface area contributed by atoms with E-state index in [1.807, 2.05) is 117 Å². The zero-order valence-corrected chi connectivity index (χ0v) is 87.3. The molecule has 6 heterocycles. The molecule has 0 atom stereocenters. The van der Waals surface area contributed by atoms with Crippen LogP contribution in [-0.2, 0) is 0 Å². The van der Waals surface area contributed by atoms with Crippen molar-refractivity contribution in [2.75, 3.05) is 0 Å². The molecule has 10 heteroatoms. The van der Waals surface area contributed by atoms with Crippen LogP contribution >= 0.6 is 117 Å². The Bertz CT molecular complexity index is 8540. The Balaban J connectivity index is 0.0000000990. The zero-order valence-electron chi connectivity index (χ0n) is 79.1. The molecule has 23 aromatic rings. The summed E-state index contributed by atoms with van der Waals surface area (Å²) in [5.41, 5.74) is 31.2. The first-order valence-electron chi connectivity index (χ1n) is 47.7. The Hall–Kier alpha value is -13.1. The van der Waals surface area contributed by atoms with Crippen molar-refractivity contribution in [3.8, 4) is 100 Å². The van der Waals surface area contributed by atoms with Gasteiger partial charge in [0.05, 0.1) is 0 Å². The number of fused-ring (bicyclic) bond motifs is 14. The predicted molar refractivity (Wildman–Crippen MR) is 621 cm³/mol. The molecule has 0 saturated heterocycles. The summed E-state index contributed by atoms with van der Waals surface area (Å²) in [7, 11) is 0. The third kappa shape index (κ3) is 20.3. The number of thiophene rings is 2. The molecule has 4 aliphatic heterocycles. The highest BCUT2D eigenvalue weighted by Gasteiger charge is 2.30. The highest BCUT2D eigenvalue weighted by atomic mass is 32.2. The third-order valence-corrected chi connectivity index (χ3v) is 39.3. The van der Waals surface area contributed by atoms with Crippen LogP contribution in [0.4, 0.5) is 0 Å². The van der Waals surface area contributed by atoms with Crippen molar-refractivity contribution in [3.63, 3.8) is 0 Å². The molecular weight excluding hydrogens is 1910 g/mol. The van der Waals surface area contributed by atoms with Crippen molar-refractivity contribution in [1.82, 2.24) is 0 Å². The van der Waals surface area contributed by atoms with Crippen molar-refractivity contribution < 1.29 is 0 Å². The molecule has 684 valence electrons. The van der Waals surface area contributed by atoms with Crippen LogP contribution < -0.4 is 0 Å². The van der Waals surface area contributed by atoms with Crippen LogP contribution in [0, 0.1) is 41.5 Å². The van der Waals surface area contributed by atoms with Crippen LogP contribution in [0.3, 0.4) is 0 Å². The summed E-state index contributed by atoms with van der Waals surface area (Å²) in [6, 6.07) is 170. The Morgan fingerprint density at radius 1 is 0.127 bits per heavy atom. The first-order chi connectivity index (χ1) is 69.9. The maximum absolute atomic E-state index is 2.34. The summed E-state index contributed by atoms with van der Waals surface area (Å²) in [5.74, 6) is 0. The van der Waals surface area contributed by atoms with Gasteiger partial charge in [-0.2, -0.15) is 0 Å². The molecular formula is C132H96S10. The molecule has 142 heavy (non-hydrogen) atoms. The molecule has 0 fully saturated rings. The Morgan fingerprint density at radius 2 is 0.366 bits per heavy atom. The summed E-state index contributed by atoms with van der Waals surface area (Å²) in [5, 5.41) is 5.42. The van der Waals surface area contributed by atoms with E-state index < -0.39 is 0 Å². The fourth-order valence-corrected chi connectivity index (χ4v) is 31.0. The molecule has 0 saturated carbocycles. The molecule has 0 unspecified atom stereocenters. The van der Waals surface area contributed by atoms with Gasteiger partial charge in [0, 0.05) is 119 Å². The molecule has 2 aromatic heterocycles. The van der Waals surface area contributed by atoms with Gasteiger partial charge in [-0.1, -0.05) is 500 Å². The van der Waals surface area contributed by atoms with Gasteiger partial charge in [0.15, 0.2) is 0 Å². The molecule has 0 N–H and O–H groups in total. The normalized spacial score (nSPS) is 12.1. The second-order valence-electron chi connectivity index (χ2n) is 35.5. The van der Waals surface area contributed by atoms with E-state index in [1.54, 1.807) is 0 Å². The van der Waals surface area contributed by atoms with Crippen LogP contribution in [0.2, 0.25) is 0 Å². The number of hydrogen-bond acceptors (Lipinski definition) is 10. The van der Waals surface area contributed by atoms with Crippen LogP contribution in [0.1, 0.15) is 33.4 Å². The number of aryl methyl sites for hydroxylation is 6. The van der Waals surface area contributed by atoms with Gasteiger partial charge in [-0.25, -0.2) is 0 Å². The van der Waals surface area contributed by atoms with Crippen LogP contribution in [-0.4, -0.2) is 0 Å². The smallest absolute Gasteiger partial charge is 0.0355 e. The summed E-state index contributed by atoms with van der Waals surface area (Å²) in [6.45, 7) is 13.1. The molecule has 4 aliphatic rings. The van der Waals surface area contributed by atoms with Gasteiger partial charge >= 0.3 is 0 Å². The van der Waals surface area contributed by atoms with Crippen LogP contribution in [0.15, 0.2) is 552 Å².